The van der Waals surface area contributed by atoms with Crippen molar-refractivity contribution in [1.82, 2.24) is 10.2 Å². The van der Waals surface area contributed by atoms with Crippen LogP contribution in [-0.4, -0.2) is 22.5 Å². The van der Waals surface area contributed by atoms with Crippen LogP contribution in [0.1, 0.15) is 5.69 Å². The van der Waals surface area contributed by atoms with Gasteiger partial charge in [-0.25, -0.2) is 0 Å². The Labute approximate surface area is 118 Å². The van der Waals surface area contributed by atoms with Gasteiger partial charge in [0.2, 0.25) is 0 Å². The number of hydrogen-bond acceptors (Lipinski definition) is 4. The number of aromatic nitrogens is 2. The van der Waals surface area contributed by atoms with Crippen molar-refractivity contribution in [3.8, 4) is 0 Å². The predicted octanol–water partition coefficient (Wildman–Crippen LogP) is 3.70. The third-order valence-corrected chi connectivity index (χ3v) is 3.39. The minimum Gasteiger partial charge on any atom is -0.368 e. The van der Waals surface area contributed by atoms with E-state index in [4.69, 9.17) is 0 Å². The highest BCUT2D eigenvalue weighted by Crippen LogP contribution is 2.27. The van der Waals surface area contributed by atoms with Crippen LogP contribution < -0.4 is 5.32 Å². The summed E-state index contributed by atoms with van der Waals surface area (Å²) < 4.78 is 36.9. The molecule has 0 aliphatic heterocycles. The summed E-state index contributed by atoms with van der Waals surface area (Å²) in [5.74, 6) is 1.12. The highest BCUT2D eigenvalue weighted by atomic mass is 32.2. The van der Waals surface area contributed by atoms with Gasteiger partial charge >= 0.3 is 6.18 Å². The zero-order valence-electron chi connectivity index (χ0n) is 10.4. The van der Waals surface area contributed by atoms with Crippen molar-refractivity contribution in [2.75, 3.05) is 17.6 Å². The fraction of sp³-hybridized carbons (Fsp3) is 0.231. The molecule has 2 aromatic rings. The van der Waals surface area contributed by atoms with Gasteiger partial charge in [0.25, 0.3) is 0 Å². The van der Waals surface area contributed by atoms with Crippen LogP contribution in [0.2, 0.25) is 0 Å². The van der Waals surface area contributed by atoms with Crippen LogP contribution in [0.3, 0.4) is 0 Å². The van der Waals surface area contributed by atoms with Crippen LogP contribution in [-0.2, 0) is 6.18 Å². The number of halogens is 3. The summed E-state index contributed by atoms with van der Waals surface area (Å²) in [5, 5.41) is 9.57. The second-order valence-corrected chi connectivity index (χ2v) is 5.06. The first-order chi connectivity index (χ1) is 9.55. The number of rotatable bonds is 5. The maximum atomic E-state index is 12.3. The Morgan fingerprint density at radius 2 is 1.75 bits per heavy atom. The van der Waals surface area contributed by atoms with E-state index in [1.165, 1.54) is 6.07 Å². The quantitative estimate of drug-likeness (QED) is 0.675. The monoisotopic (exact) mass is 299 g/mol. The molecular formula is C13H12F3N3S. The van der Waals surface area contributed by atoms with Crippen LogP contribution in [0.25, 0.3) is 0 Å². The van der Waals surface area contributed by atoms with E-state index in [0.717, 1.165) is 16.7 Å². The number of nitrogens with one attached hydrogen (secondary N) is 1. The van der Waals surface area contributed by atoms with Crippen LogP contribution in [0.15, 0.2) is 47.4 Å². The Balaban J connectivity index is 1.77. The third kappa shape index (κ3) is 4.41. The SMILES string of the molecule is FC(F)(F)c1ccc(NCCSc2ccccc2)nn1. The van der Waals surface area contributed by atoms with Crippen LogP contribution in [0, 0.1) is 0 Å². The largest absolute Gasteiger partial charge is 0.435 e. The molecule has 0 saturated carbocycles. The molecule has 0 aliphatic rings. The molecule has 106 valence electrons. The van der Waals surface area contributed by atoms with Crippen molar-refractivity contribution in [3.63, 3.8) is 0 Å². The second kappa shape index (κ2) is 6.60. The molecule has 0 saturated heterocycles. The van der Waals surface area contributed by atoms with Crippen molar-refractivity contribution in [1.29, 1.82) is 0 Å². The first-order valence-electron chi connectivity index (χ1n) is 5.88. The van der Waals surface area contributed by atoms with E-state index in [1.807, 2.05) is 30.3 Å². The molecule has 3 nitrogen and oxygen atoms in total. The van der Waals surface area contributed by atoms with Gasteiger partial charge in [-0.1, -0.05) is 18.2 Å². The lowest BCUT2D eigenvalue weighted by Gasteiger charge is -2.07. The van der Waals surface area contributed by atoms with Crippen molar-refractivity contribution >= 4 is 17.6 Å². The number of anilines is 1. The Morgan fingerprint density at radius 1 is 1.00 bits per heavy atom. The van der Waals surface area contributed by atoms with Crippen molar-refractivity contribution in [2.24, 2.45) is 0 Å². The van der Waals surface area contributed by atoms with Gasteiger partial charge in [-0.2, -0.15) is 13.2 Å². The van der Waals surface area contributed by atoms with E-state index in [2.05, 4.69) is 15.5 Å². The molecule has 0 unspecified atom stereocenters. The summed E-state index contributed by atoms with van der Waals surface area (Å²) in [6, 6.07) is 12.1. The van der Waals surface area contributed by atoms with Crippen LogP contribution in [0.5, 0.6) is 0 Å². The van der Waals surface area contributed by atoms with Gasteiger partial charge in [0.15, 0.2) is 5.69 Å². The Hall–Kier alpha value is -1.76. The summed E-state index contributed by atoms with van der Waals surface area (Å²) in [4.78, 5) is 1.15. The number of hydrogen-bond donors (Lipinski definition) is 1. The zero-order valence-corrected chi connectivity index (χ0v) is 11.2. The molecule has 1 heterocycles. The van der Waals surface area contributed by atoms with Crippen LogP contribution in [0.4, 0.5) is 19.0 Å². The van der Waals surface area contributed by atoms with Gasteiger partial charge in [-0.3, -0.25) is 0 Å². The maximum Gasteiger partial charge on any atom is 0.435 e. The topological polar surface area (TPSA) is 37.8 Å². The molecule has 2 rings (SSSR count). The number of thioether (sulfide) groups is 1. The van der Waals surface area contributed by atoms with Crippen LogP contribution >= 0.6 is 11.8 Å². The molecule has 1 aromatic carbocycles. The first kappa shape index (κ1) is 14.6. The predicted molar refractivity (Wildman–Crippen MR) is 72.7 cm³/mol. The van der Waals surface area contributed by atoms with Gasteiger partial charge in [-0.15, -0.1) is 22.0 Å². The number of alkyl halides is 3. The molecule has 0 bridgehead atoms. The highest BCUT2D eigenvalue weighted by Gasteiger charge is 2.32. The molecule has 20 heavy (non-hydrogen) atoms. The third-order valence-electron chi connectivity index (χ3n) is 2.38. The number of nitrogens with zero attached hydrogens (tertiary/aromatic N) is 2. The minimum atomic E-state index is -4.45. The molecular weight excluding hydrogens is 287 g/mol. The van der Waals surface area contributed by atoms with E-state index in [-0.39, 0.29) is 0 Å². The van der Waals surface area contributed by atoms with Gasteiger partial charge in [0.1, 0.15) is 5.82 Å². The van der Waals surface area contributed by atoms with Gasteiger partial charge in [0, 0.05) is 17.2 Å². The second-order valence-electron chi connectivity index (χ2n) is 3.89. The Kier molecular flexibility index (Phi) is 4.84. The fourth-order valence-electron chi connectivity index (χ4n) is 1.44. The summed E-state index contributed by atoms with van der Waals surface area (Å²) in [6.07, 6.45) is -4.45. The van der Waals surface area contributed by atoms with Gasteiger partial charge < -0.3 is 5.32 Å². The summed E-state index contributed by atoms with van der Waals surface area (Å²) >= 11 is 1.66. The van der Waals surface area contributed by atoms with Gasteiger partial charge in [0.05, 0.1) is 0 Å². The van der Waals surface area contributed by atoms with Crippen molar-refractivity contribution < 1.29 is 13.2 Å². The fourth-order valence-corrected chi connectivity index (χ4v) is 2.23. The van der Waals surface area contributed by atoms with E-state index >= 15 is 0 Å². The van der Waals surface area contributed by atoms with E-state index < -0.39 is 11.9 Å². The molecule has 0 fully saturated rings. The van der Waals surface area contributed by atoms with Gasteiger partial charge in [-0.05, 0) is 24.3 Å². The lowest BCUT2D eigenvalue weighted by atomic mass is 10.4. The van der Waals surface area contributed by atoms with E-state index in [0.29, 0.717) is 12.4 Å². The first-order valence-corrected chi connectivity index (χ1v) is 6.87. The normalized spacial score (nSPS) is 11.3. The average molecular weight is 299 g/mol. The molecule has 0 radical (unpaired) electrons. The zero-order chi connectivity index (χ0) is 14.4. The molecule has 7 heteroatoms. The molecule has 0 amide bonds. The molecule has 1 aromatic heterocycles. The maximum absolute atomic E-state index is 12.3. The van der Waals surface area contributed by atoms with E-state index in [9.17, 15) is 13.2 Å². The molecule has 0 atom stereocenters. The minimum absolute atomic E-state index is 0.340. The summed E-state index contributed by atoms with van der Waals surface area (Å²) in [7, 11) is 0. The molecule has 0 spiro atoms. The van der Waals surface area contributed by atoms with Crippen molar-refractivity contribution in [3.05, 3.63) is 48.2 Å². The Morgan fingerprint density at radius 3 is 2.35 bits per heavy atom. The Bertz CT molecular complexity index is 529. The molecule has 1 N–H and O–H groups in total. The number of benzene rings is 1. The summed E-state index contributed by atoms with van der Waals surface area (Å²) in [5.41, 5.74) is -0.985. The van der Waals surface area contributed by atoms with Crippen molar-refractivity contribution in [2.45, 2.75) is 11.1 Å². The lowest BCUT2D eigenvalue weighted by molar-refractivity contribution is -0.141. The molecule has 0 aliphatic carbocycles. The summed E-state index contributed by atoms with van der Waals surface area (Å²) in [6.45, 7) is 0.597. The smallest absolute Gasteiger partial charge is 0.368 e. The standard InChI is InChI=1S/C13H12F3N3S/c14-13(15,16)11-6-7-12(19-18-11)17-8-9-20-10-4-2-1-3-5-10/h1-7H,8-9H2,(H,17,19). The lowest BCUT2D eigenvalue weighted by Crippen LogP contribution is -2.11. The highest BCUT2D eigenvalue weighted by molar-refractivity contribution is 7.99. The van der Waals surface area contributed by atoms with E-state index in [1.54, 1.807) is 11.8 Å². The average Bonchev–Trinajstić information content (AvgIpc) is 2.44.